The maximum Gasteiger partial charge on any atom is 0.302 e. The van der Waals surface area contributed by atoms with Crippen LogP contribution in [-0.2, 0) is 9.53 Å². The predicted molar refractivity (Wildman–Crippen MR) is 83.8 cm³/mol. The second-order valence-electron chi connectivity index (χ2n) is 8.48. The maximum absolute atomic E-state index is 11.0. The van der Waals surface area contributed by atoms with Crippen LogP contribution in [0.1, 0.15) is 73.1 Å². The van der Waals surface area contributed by atoms with Crippen LogP contribution in [0, 0.1) is 22.7 Å². The molecule has 0 aromatic heterocycles. The first-order chi connectivity index (χ1) is 9.59. The van der Waals surface area contributed by atoms with E-state index in [1.807, 2.05) is 6.92 Å². The van der Waals surface area contributed by atoms with Crippen molar-refractivity contribution in [1.29, 1.82) is 0 Å². The quantitative estimate of drug-likeness (QED) is 0.803. The average molecular weight is 296 g/mol. The van der Waals surface area contributed by atoms with Crippen LogP contribution in [0.5, 0.6) is 0 Å². The molecule has 21 heavy (non-hydrogen) atoms. The number of esters is 1. The van der Waals surface area contributed by atoms with Gasteiger partial charge < -0.3 is 9.84 Å². The highest BCUT2D eigenvalue weighted by atomic mass is 16.5. The molecule has 0 radical (unpaired) electrons. The van der Waals surface area contributed by atoms with Crippen LogP contribution >= 0.6 is 0 Å². The Bertz CT molecular complexity index is 399. The lowest BCUT2D eigenvalue weighted by Crippen LogP contribution is -2.57. The van der Waals surface area contributed by atoms with E-state index in [4.69, 9.17) is 4.74 Å². The van der Waals surface area contributed by atoms with Crippen molar-refractivity contribution in [3.8, 4) is 0 Å². The van der Waals surface area contributed by atoms with E-state index < -0.39 is 5.60 Å². The molecule has 0 heterocycles. The lowest BCUT2D eigenvalue weighted by atomic mass is 9.45. The molecular weight excluding hydrogens is 264 g/mol. The Labute approximate surface area is 129 Å². The fourth-order valence-corrected chi connectivity index (χ4v) is 5.59. The van der Waals surface area contributed by atoms with Crippen molar-refractivity contribution < 1.29 is 14.6 Å². The van der Waals surface area contributed by atoms with Crippen LogP contribution in [0.25, 0.3) is 0 Å². The highest BCUT2D eigenvalue weighted by Gasteiger charge is 2.57. The number of ether oxygens (including phenoxy) is 1. The topological polar surface area (TPSA) is 46.5 Å². The Morgan fingerprint density at radius 2 is 1.86 bits per heavy atom. The minimum absolute atomic E-state index is 0.156. The van der Waals surface area contributed by atoms with Crippen molar-refractivity contribution in [2.45, 2.75) is 78.7 Å². The molecule has 4 atom stereocenters. The molecule has 0 aliphatic heterocycles. The highest BCUT2D eigenvalue weighted by molar-refractivity contribution is 5.65. The van der Waals surface area contributed by atoms with E-state index in [2.05, 4.69) is 20.8 Å². The first-order valence-electron chi connectivity index (χ1n) is 8.45. The number of aliphatic hydroxyl groups is 1. The molecule has 1 N–H and O–H groups in total. The summed E-state index contributed by atoms with van der Waals surface area (Å²) < 4.78 is 5.16. The molecule has 0 amide bonds. The van der Waals surface area contributed by atoms with Crippen LogP contribution in [0.3, 0.4) is 0 Å². The van der Waals surface area contributed by atoms with Crippen molar-refractivity contribution in [1.82, 2.24) is 0 Å². The van der Waals surface area contributed by atoms with Gasteiger partial charge in [-0.05, 0) is 61.7 Å². The molecular formula is C18H32O3. The van der Waals surface area contributed by atoms with Gasteiger partial charge in [0, 0.05) is 6.92 Å². The van der Waals surface area contributed by atoms with Gasteiger partial charge in [0.05, 0.1) is 12.2 Å². The van der Waals surface area contributed by atoms with Gasteiger partial charge in [-0.1, -0.05) is 27.2 Å². The molecule has 0 unspecified atom stereocenters. The average Bonchev–Trinajstić information content (AvgIpc) is 2.31. The molecule has 0 bridgehead atoms. The first-order valence-corrected chi connectivity index (χ1v) is 8.45. The summed E-state index contributed by atoms with van der Waals surface area (Å²) in [4.78, 5) is 11.0. The van der Waals surface area contributed by atoms with Crippen LogP contribution in [0.2, 0.25) is 0 Å². The van der Waals surface area contributed by atoms with Gasteiger partial charge in [-0.15, -0.1) is 0 Å². The first kappa shape index (κ1) is 16.8. The maximum atomic E-state index is 11.0. The summed E-state index contributed by atoms with van der Waals surface area (Å²) in [6.45, 7) is 11.0. The summed E-state index contributed by atoms with van der Waals surface area (Å²) in [6, 6.07) is 0. The summed E-state index contributed by atoms with van der Waals surface area (Å²) in [6.07, 6.45) is 6.45. The Morgan fingerprint density at radius 1 is 1.19 bits per heavy atom. The normalized spacial score (nSPS) is 42.2. The number of carbonyl (C=O) groups excluding carboxylic acids is 1. The smallest absolute Gasteiger partial charge is 0.302 e. The monoisotopic (exact) mass is 296 g/mol. The summed E-state index contributed by atoms with van der Waals surface area (Å²) in [5.41, 5.74) is -0.133. The molecule has 2 fully saturated rings. The largest absolute Gasteiger partial charge is 0.466 e. The summed E-state index contributed by atoms with van der Waals surface area (Å²) in [5.74, 6) is 0.639. The standard InChI is InChI=1S/C18H32O3/c1-13(19)21-12-8-15-17(4)10-6-9-16(2,3)14(17)7-11-18(15,5)20/h14-15,20H,6-12H2,1-5H3/t14-,15+,17-,18+/m0/s1. The molecule has 0 aromatic carbocycles. The molecule has 0 saturated heterocycles. The van der Waals surface area contributed by atoms with Gasteiger partial charge in [0.1, 0.15) is 0 Å². The molecule has 2 aliphatic carbocycles. The van der Waals surface area contributed by atoms with Crippen molar-refractivity contribution >= 4 is 5.97 Å². The molecule has 3 nitrogen and oxygen atoms in total. The number of carbonyl (C=O) groups is 1. The zero-order chi connectivity index (χ0) is 15.9. The Hall–Kier alpha value is -0.570. The van der Waals surface area contributed by atoms with E-state index in [0.717, 1.165) is 19.3 Å². The minimum Gasteiger partial charge on any atom is -0.466 e. The van der Waals surface area contributed by atoms with Crippen molar-refractivity contribution in [3.05, 3.63) is 0 Å². The van der Waals surface area contributed by atoms with E-state index >= 15 is 0 Å². The molecule has 3 heteroatoms. The lowest BCUT2D eigenvalue weighted by Gasteiger charge is -2.61. The predicted octanol–water partition coefficient (Wildman–Crippen LogP) is 3.93. The molecule has 0 aromatic rings. The van der Waals surface area contributed by atoms with Gasteiger partial charge in [-0.3, -0.25) is 4.79 Å². The molecule has 2 aliphatic rings. The van der Waals surface area contributed by atoms with Gasteiger partial charge in [0.15, 0.2) is 0 Å². The third-order valence-electron chi connectivity index (χ3n) is 6.47. The van der Waals surface area contributed by atoms with Gasteiger partial charge in [0.2, 0.25) is 0 Å². The van der Waals surface area contributed by atoms with Crippen LogP contribution in [-0.4, -0.2) is 23.3 Å². The fraction of sp³-hybridized carbons (Fsp3) is 0.944. The molecule has 2 saturated carbocycles. The molecule has 2 rings (SSSR count). The summed E-state index contributed by atoms with van der Waals surface area (Å²) >= 11 is 0. The zero-order valence-electron chi connectivity index (χ0n) is 14.4. The second-order valence-corrected chi connectivity index (χ2v) is 8.48. The Balaban J connectivity index is 2.22. The summed E-state index contributed by atoms with van der Waals surface area (Å²) in [7, 11) is 0. The van der Waals surface area contributed by atoms with Crippen molar-refractivity contribution in [3.63, 3.8) is 0 Å². The third-order valence-corrected chi connectivity index (χ3v) is 6.47. The van der Waals surface area contributed by atoms with Crippen LogP contribution in [0.4, 0.5) is 0 Å². The second kappa shape index (κ2) is 5.57. The number of rotatable bonds is 3. The highest BCUT2D eigenvalue weighted by Crippen LogP contribution is 2.62. The van der Waals surface area contributed by atoms with Gasteiger partial charge in [-0.25, -0.2) is 0 Å². The number of hydrogen-bond acceptors (Lipinski definition) is 3. The zero-order valence-corrected chi connectivity index (χ0v) is 14.4. The van der Waals surface area contributed by atoms with Gasteiger partial charge >= 0.3 is 5.97 Å². The van der Waals surface area contributed by atoms with E-state index in [0.29, 0.717) is 17.9 Å². The SMILES string of the molecule is CC(=O)OCC[C@@H]1[C@@]2(C)CCCC(C)(C)[C@@H]2CC[C@@]1(C)O. The van der Waals surface area contributed by atoms with E-state index in [1.54, 1.807) is 0 Å². The molecule has 122 valence electrons. The number of fused-ring (bicyclic) bond motifs is 1. The Morgan fingerprint density at radius 3 is 2.48 bits per heavy atom. The Kier molecular flexibility index (Phi) is 4.45. The lowest BCUT2D eigenvalue weighted by molar-refractivity contribution is -0.175. The molecule has 0 spiro atoms. The van der Waals surface area contributed by atoms with Crippen LogP contribution in [0.15, 0.2) is 0 Å². The van der Waals surface area contributed by atoms with Crippen molar-refractivity contribution in [2.24, 2.45) is 22.7 Å². The van der Waals surface area contributed by atoms with Gasteiger partial charge in [-0.2, -0.15) is 0 Å². The van der Waals surface area contributed by atoms with E-state index in [-0.39, 0.29) is 17.3 Å². The van der Waals surface area contributed by atoms with Crippen LogP contribution < -0.4 is 0 Å². The third kappa shape index (κ3) is 3.13. The van der Waals surface area contributed by atoms with Crippen molar-refractivity contribution in [2.75, 3.05) is 6.61 Å². The minimum atomic E-state index is -0.640. The van der Waals surface area contributed by atoms with E-state index in [1.165, 1.54) is 26.2 Å². The van der Waals surface area contributed by atoms with E-state index in [9.17, 15) is 9.90 Å². The van der Waals surface area contributed by atoms with Gasteiger partial charge in [0.25, 0.3) is 0 Å². The summed E-state index contributed by atoms with van der Waals surface area (Å²) in [5, 5.41) is 10.9. The number of hydrogen-bond donors (Lipinski definition) is 1. The fourth-order valence-electron chi connectivity index (χ4n) is 5.59.